The van der Waals surface area contributed by atoms with E-state index < -0.39 is 0 Å². The highest BCUT2D eigenvalue weighted by Gasteiger charge is 2.28. The van der Waals surface area contributed by atoms with Gasteiger partial charge in [0.25, 0.3) is 0 Å². The normalized spacial score (nSPS) is 17.1. The second kappa shape index (κ2) is 6.71. The maximum Gasteiger partial charge on any atom is 0.229 e. The Morgan fingerprint density at radius 2 is 2.14 bits per heavy atom. The number of aromatic amines is 1. The molecular weight excluding hydrogens is 321 g/mol. The number of imidazole rings is 1. The quantitative estimate of drug-likeness (QED) is 0.896. The Bertz CT molecular complexity index is 664. The second-order valence-corrected chi connectivity index (χ2v) is 6.27. The lowest BCUT2D eigenvalue weighted by atomic mass is 9.89. The maximum atomic E-state index is 12.4. The highest BCUT2D eigenvalue weighted by Crippen LogP contribution is 2.29. The molecule has 1 aromatic carbocycles. The van der Waals surface area contributed by atoms with Crippen LogP contribution in [0.4, 0.5) is 0 Å². The Labute approximate surface area is 139 Å². The molecule has 2 N–H and O–H groups in total. The Hall–Kier alpha value is -1.52. The first-order chi connectivity index (χ1) is 10.7. The number of hydrogen-bond donors (Lipinski definition) is 2. The van der Waals surface area contributed by atoms with E-state index in [-0.39, 0.29) is 11.8 Å². The molecule has 0 aliphatic heterocycles. The van der Waals surface area contributed by atoms with Gasteiger partial charge < -0.3 is 10.3 Å². The summed E-state index contributed by atoms with van der Waals surface area (Å²) in [5.41, 5.74) is 2.84. The van der Waals surface area contributed by atoms with Crippen LogP contribution in [-0.4, -0.2) is 22.4 Å². The smallest absolute Gasteiger partial charge is 0.229 e. The van der Waals surface area contributed by atoms with E-state index in [2.05, 4.69) is 15.3 Å². The van der Waals surface area contributed by atoms with Crippen LogP contribution in [-0.2, 0) is 17.6 Å². The molecule has 0 fully saturated rings. The number of aryl methyl sites for hydroxylation is 1. The van der Waals surface area contributed by atoms with Gasteiger partial charge in [-0.1, -0.05) is 29.3 Å². The molecule has 2 aromatic rings. The van der Waals surface area contributed by atoms with Crippen LogP contribution >= 0.6 is 23.2 Å². The Kier molecular flexibility index (Phi) is 4.69. The molecule has 0 saturated carbocycles. The number of halogens is 2. The molecule has 0 radical (unpaired) electrons. The van der Waals surface area contributed by atoms with Crippen LogP contribution in [0.1, 0.15) is 35.7 Å². The van der Waals surface area contributed by atoms with Crippen LogP contribution < -0.4 is 5.32 Å². The van der Waals surface area contributed by atoms with Crippen LogP contribution in [0.15, 0.2) is 24.5 Å². The van der Waals surface area contributed by atoms with Crippen molar-refractivity contribution in [1.82, 2.24) is 15.3 Å². The molecule has 0 saturated heterocycles. The lowest BCUT2D eigenvalue weighted by Gasteiger charge is -2.20. The minimum Gasteiger partial charge on any atom is -0.355 e. The van der Waals surface area contributed by atoms with E-state index in [4.69, 9.17) is 23.2 Å². The molecule has 3 rings (SSSR count). The van der Waals surface area contributed by atoms with Crippen molar-refractivity contribution in [2.24, 2.45) is 0 Å². The number of rotatable bonds is 4. The van der Waals surface area contributed by atoms with E-state index in [1.807, 2.05) is 18.2 Å². The van der Waals surface area contributed by atoms with Crippen molar-refractivity contribution in [3.8, 4) is 0 Å². The zero-order valence-electron chi connectivity index (χ0n) is 12.0. The number of nitrogens with one attached hydrogen (secondary N) is 2. The zero-order chi connectivity index (χ0) is 15.5. The van der Waals surface area contributed by atoms with Gasteiger partial charge in [-0.25, -0.2) is 4.98 Å². The summed E-state index contributed by atoms with van der Waals surface area (Å²) in [6.07, 6.45) is 5.10. The summed E-state index contributed by atoms with van der Waals surface area (Å²) in [6.45, 7) is 0.512. The molecule has 1 heterocycles. The number of nitrogens with zero attached hydrogens (tertiary/aromatic N) is 1. The Morgan fingerprint density at radius 3 is 2.91 bits per heavy atom. The number of fused-ring (bicyclic) bond motifs is 1. The first-order valence-corrected chi connectivity index (χ1v) is 8.15. The van der Waals surface area contributed by atoms with Crippen molar-refractivity contribution in [3.05, 3.63) is 51.5 Å². The SMILES string of the molecule is O=C(NCCc1c(Cl)cccc1Cl)C1CCCc2[nH]cnc21. The third-order valence-corrected chi connectivity index (χ3v) is 4.76. The molecule has 1 aliphatic rings. The van der Waals surface area contributed by atoms with Gasteiger partial charge in [-0.3, -0.25) is 4.79 Å². The summed E-state index contributed by atoms with van der Waals surface area (Å²) < 4.78 is 0. The minimum absolute atomic E-state index is 0.0243. The number of amides is 1. The number of H-pyrrole nitrogens is 1. The van der Waals surface area contributed by atoms with E-state index in [1.165, 1.54) is 0 Å². The summed E-state index contributed by atoms with van der Waals surface area (Å²) in [5.74, 6) is -0.132. The summed E-state index contributed by atoms with van der Waals surface area (Å²) >= 11 is 12.3. The highest BCUT2D eigenvalue weighted by atomic mass is 35.5. The highest BCUT2D eigenvalue weighted by molar-refractivity contribution is 6.35. The third-order valence-electron chi connectivity index (χ3n) is 4.05. The number of aromatic nitrogens is 2. The van der Waals surface area contributed by atoms with Gasteiger partial charge in [0.05, 0.1) is 17.9 Å². The molecule has 22 heavy (non-hydrogen) atoms. The van der Waals surface area contributed by atoms with Gasteiger partial charge in [0.2, 0.25) is 5.91 Å². The predicted molar refractivity (Wildman–Crippen MR) is 87.4 cm³/mol. The summed E-state index contributed by atoms with van der Waals surface area (Å²) in [4.78, 5) is 19.8. The zero-order valence-corrected chi connectivity index (χ0v) is 13.5. The molecule has 1 aliphatic carbocycles. The van der Waals surface area contributed by atoms with Crippen molar-refractivity contribution >= 4 is 29.1 Å². The fraction of sp³-hybridized carbons (Fsp3) is 0.375. The molecule has 1 aromatic heterocycles. The standard InChI is InChI=1S/C16H17Cl2N3O/c17-12-4-2-5-13(18)10(12)7-8-19-16(22)11-3-1-6-14-15(11)21-9-20-14/h2,4-5,9,11H,1,3,6-8H2,(H,19,22)(H,20,21). The largest absolute Gasteiger partial charge is 0.355 e. The monoisotopic (exact) mass is 337 g/mol. The fourth-order valence-electron chi connectivity index (χ4n) is 2.91. The van der Waals surface area contributed by atoms with Gasteiger partial charge in [0.15, 0.2) is 0 Å². The van der Waals surface area contributed by atoms with Gasteiger partial charge in [-0.05, 0) is 43.4 Å². The Morgan fingerprint density at radius 1 is 1.36 bits per heavy atom. The number of hydrogen-bond acceptors (Lipinski definition) is 2. The third kappa shape index (κ3) is 3.13. The van der Waals surface area contributed by atoms with Crippen LogP contribution in [0.25, 0.3) is 0 Å². The van der Waals surface area contributed by atoms with Crippen molar-refractivity contribution in [1.29, 1.82) is 0 Å². The van der Waals surface area contributed by atoms with E-state index in [0.29, 0.717) is 23.0 Å². The van der Waals surface area contributed by atoms with Gasteiger partial charge in [0, 0.05) is 22.3 Å². The van der Waals surface area contributed by atoms with E-state index in [1.54, 1.807) is 6.33 Å². The van der Waals surface area contributed by atoms with Gasteiger partial charge >= 0.3 is 0 Å². The van der Waals surface area contributed by atoms with Crippen molar-refractivity contribution in [2.75, 3.05) is 6.54 Å². The number of carbonyl (C=O) groups excluding carboxylic acids is 1. The van der Waals surface area contributed by atoms with Crippen molar-refractivity contribution in [3.63, 3.8) is 0 Å². The summed E-state index contributed by atoms with van der Waals surface area (Å²) in [7, 11) is 0. The second-order valence-electron chi connectivity index (χ2n) is 5.45. The van der Waals surface area contributed by atoms with Crippen LogP contribution in [0.3, 0.4) is 0 Å². The van der Waals surface area contributed by atoms with Crippen LogP contribution in [0.5, 0.6) is 0 Å². The molecule has 1 atom stereocenters. The molecule has 4 nitrogen and oxygen atoms in total. The first kappa shape index (κ1) is 15.4. The molecule has 1 unspecified atom stereocenters. The van der Waals surface area contributed by atoms with Crippen LogP contribution in [0, 0.1) is 0 Å². The van der Waals surface area contributed by atoms with Crippen molar-refractivity contribution in [2.45, 2.75) is 31.6 Å². The molecule has 116 valence electrons. The topological polar surface area (TPSA) is 57.8 Å². The summed E-state index contributed by atoms with van der Waals surface area (Å²) in [6, 6.07) is 5.43. The minimum atomic E-state index is -0.156. The lowest BCUT2D eigenvalue weighted by molar-refractivity contribution is -0.122. The lowest BCUT2D eigenvalue weighted by Crippen LogP contribution is -2.33. The number of benzene rings is 1. The molecule has 0 spiro atoms. The average Bonchev–Trinajstić information content (AvgIpc) is 2.98. The van der Waals surface area contributed by atoms with E-state index in [0.717, 1.165) is 36.2 Å². The van der Waals surface area contributed by atoms with Gasteiger partial charge in [-0.2, -0.15) is 0 Å². The Balaban J connectivity index is 1.60. The average molecular weight is 338 g/mol. The van der Waals surface area contributed by atoms with Crippen molar-refractivity contribution < 1.29 is 4.79 Å². The van der Waals surface area contributed by atoms with E-state index >= 15 is 0 Å². The van der Waals surface area contributed by atoms with E-state index in [9.17, 15) is 4.79 Å². The van der Waals surface area contributed by atoms with Gasteiger partial charge in [0.1, 0.15) is 0 Å². The fourth-order valence-corrected chi connectivity index (χ4v) is 3.50. The molecular formula is C16H17Cl2N3O. The molecule has 6 heteroatoms. The molecule has 0 bridgehead atoms. The molecule has 1 amide bonds. The number of carbonyl (C=O) groups is 1. The van der Waals surface area contributed by atoms with Gasteiger partial charge in [-0.15, -0.1) is 0 Å². The predicted octanol–water partition coefficient (Wildman–Crippen LogP) is 3.50. The maximum absolute atomic E-state index is 12.4. The first-order valence-electron chi connectivity index (χ1n) is 7.39. The van der Waals surface area contributed by atoms with Crippen LogP contribution in [0.2, 0.25) is 10.0 Å². The summed E-state index contributed by atoms with van der Waals surface area (Å²) in [5, 5.41) is 4.24.